The van der Waals surface area contributed by atoms with Crippen LogP contribution in [0.15, 0.2) is 146 Å². The van der Waals surface area contributed by atoms with Crippen LogP contribution in [0.1, 0.15) is 47.5 Å². The summed E-state index contributed by atoms with van der Waals surface area (Å²) < 4.78 is 0. The predicted octanol–water partition coefficient (Wildman–Crippen LogP) is 11.0. The molecule has 0 saturated carbocycles. The predicted molar refractivity (Wildman–Crippen MR) is 222 cm³/mol. The Hall–Kier alpha value is -7.32. The van der Waals surface area contributed by atoms with Crippen LogP contribution in [0.3, 0.4) is 0 Å². The number of carboxylic acids is 2. The standard InChI is InChI=1S/C48H36N4O4/c53-41(54)27-33-34(28-42(55)56)48-46(32-19-11-4-12-20-32)40-26-24-38(51-40)44(30-15-7-2-8-16-30)36-22-21-35(49-36)43(29-13-5-1-6-14-29)37-23-25-39(50-37)45(47(33)52-48)31-17-9-3-10-18-31/h1-26,33-34,50-51H,27-28H2,(H,53,54)(H,55,56). The highest BCUT2D eigenvalue weighted by molar-refractivity contribution is 5.97. The monoisotopic (exact) mass is 732 g/mol. The van der Waals surface area contributed by atoms with E-state index in [1.54, 1.807) is 0 Å². The van der Waals surface area contributed by atoms with Crippen molar-refractivity contribution >= 4 is 46.2 Å². The Morgan fingerprint density at radius 2 is 0.732 bits per heavy atom. The van der Waals surface area contributed by atoms with E-state index in [1.807, 2.05) is 133 Å². The maximum absolute atomic E-state index is 12.8. The maximum Gasteiger partial charge on any atom is 0.304 e. The van der Waals surface area contributed by atoms with Gasteiger partial charge in [-0.15, -0.1) is 0 Å². The van der Waals surface area contributed by atoms with Crippen molar-refractivity contribution in [3.8, 4) is 44.5 Å². The van der Waals surface area contributed by atoms with Crippen LogP contribution in [-0.4, -0.2) is 42.1 Å². The van der Waals surface area contributed by atoms with Crippen molar-refractivity contribution in [2.75, 3.05) is 0 Å². The van der Waals surface area contributed by atoms with Crippen LogP contribution in [0.2, 0.25) is 0 Å². The summed E-state index contributed by atoms with van der Waals surface area (Å²) in [5, 5.41) is 20.9. The minimum absolute atomic E-state index is 0.310. The molecule has 0 radical (unpaired) electrons. The fourth-order valence-electron chi connectivity index (χ4n) is 8.21. The highest BCUT2D eigenvalue weighted by Crippen LogP contribution is 2.49. The van der Waals surface area contributed by atoms with Crippen LogP contribution >= 0.6 is 0 Å². The van der Waals surface area contributed by atoms with Crippen LogP contribution in [-0.2, 0) is 9.59 Å². The Balaban J connectivity index is 1.53. The molecule has 2 atom stereocenters. The van der Waals surface area contributed by atoms with Crippen molar-refractivity contribution in [2.45, 2.75) is 24.7 Å². The SMILES string of the molecule is O=C(O)CC1c2nc(c(-c3ccccc3)c3ccc([nH]3)c(-c3ccccc3)c3nc(c(-c4ccccc4)c4ccc([nH]4)c2-c2ccccc2)C=C3)C1CC(=O)O. The lowest BCUT2D eigenvalue weighted by Crippen LogP contribution is -2.15. The Bertz CT molecular complexity index is 2620. The number of aliphatic carboxylic acids is 2. The number of fused-ring (bicyclic) bond motifs is 8. The molecule has 0 spiro atoms. The van der Waals surface area contributed by atoms with Gasteiger partial charge in [0.25, 0.3) is 0 Å². The van der Waals surface area contributed by atoms with Crippen LogP contribution in [0.25, 0.3) is 78.7 Å². The molecular formula is C48H36N4O4. The van der Waals surface area contributed by atoms with Crippen molar-refractivity contribution in [3.05, 3.63) is 168 Å². The fraction of sp³-hybridized carbons (Fsp3) is 0.0833. The molecule has 4 aromatic carbocycles. The van der Waals surface area contributed by atoms with Gasteiger partial charge < -0.3 is 20.2 Å². The molecule has 2 aliphatic heterocycles. The highest BCUT2D eigenvalue weighted by atomic mass is 16.4. The number of rotatable bonds is 8. The first-order valence-corrected chi connectivity index (χ1v) is 18.6. The molecule has 0 fully saturated rings. The van der Waals surface area contributed by atoms with E-state index in [0.717, 1.165) is 66.8 Å². The van der Waals surface area contributed by atoms with E-state index >= 15 is 0 Å². The van der Waals surface area contributed by atoms with Gasteiger partial charge in [-0.3, -0.25) is 14.6 Å². The summed E-state index contributed by atoms with van der Waals surface area (Å²) in [5.41, 5.74) is 12.5. The lowest BCUT2D eigenvalue weighted by atomic mass is 9.81. The molecule has 2 unspecified atom stereocenters. The van der Waals surface area contributed by atoms with Gasteiger partial charge >= 0.3 is 11.9 Å². The van der Waals surface area contributed by atoms with Gasteiger partial charge in [0, 0.05) is 56.2 Å². The van der Waals surface area contributed by atoms with Crippen molar-refractivity contribution < 1.29 is 19.8 Å². The summed E-state index contributed by atoms with van der Waals surface area (Å²) in [7, 11) is 0. The Labute approximate surface area is 322 Å². The van der Waals surface area contributed by atoms with E-state index < -0.39 is 23.8 Å². The molecular weight excluding hydrogens is 697 g/mol. The number of aromatic amines is 2. The molecule has 272 valence electrons. The number of carboxylic acid groups (broad SMARTS) is 2. The smallest absolute Gasteiger partial charge is 0.304 e. The first-order valence-electron chi connectivity index (χ1n) is 18.6. The molecule has 56 heavy (non-hydrogen) atoms. The second-order valence-corrected chi connectivity index (χ2v) is 14.0. The van der Waals surface area contributed by atoms with Crippen molar-refractivity contribution in [1.29, 1.82) is 0 Å². The van der Waals surface area contributed by atoms with Crippen molar-refractivity contribution in [2.24, 2.45) is 0 Å². The van der Waals surface area contributed by atoms with Crippen molar-refractivity contribution in [3.63, 3.8) is 0 Å². The van der Waals surface area contributed by atoms with Crippen LogP contribution in [0, 0.1) is 0 Å². The minimum Gasteiger partial charge on any atom is -0.481 e. The molecule has 8 bridgehead atoms. The van der Waals surface area contributed by atoms with E-state index in [-0.39, 0.29) is 12.8 Å². The molecule has 3 aromatic heterocycles. The van der Waals surface area contributed by atoms with E-state index in [1.165, 1.54) is 0 Å². The third-order valence-electron chi connectivity index (χ3n) is 10.6. The molecule has 2 aliphatic rings. The molecule has 8 nitrogen and oxygen atoms in total. The lowest BCUT2D eigenvalue weighted by Gasteiger charge is -2.20. The molecule has 0 amide bonds. The number of hydrogen-bond donors (Lipinski definition) is 4. The number of hydrogen-bond acceptors (Lipinski definition) is 4. The van der Waals surface area contributed by atoms with Crippen LogP contribution < -0.4 is 0 Å². The van der Waals surface area contributed by atoms with Gasteiger partial charge in [-0.1, -0.05) is 121 Å². The van der Waals surface area contributed by atoms with Crippen molar-refractivity contribution in [1.82, 2.24) is 19.9 Å². The Kier molecular flexibility index (Phi) is 8.91. The first kappa shape index (κ1) is 34.4. The molecule has 0 saturated heterocycles. The molecule has 9 rings (SSSR count). The number of nitrogens with zero attached hydrogens (tertiary/aromatic N) is 2. The lowest BCUT2D eigenvalue weighted by molar-refractivity contribution is -0.140. The fourth-order valence-corrected chi connectivity index (χ4v) is 8.21. The zero-order chi connectivity index (χ0) is 38.2. The summed E-state index contributed by atoms with van der Waals surface area (Å²) in [6, 6.07) is 47.8. The number of carbonyl (C=O) groups is 2. The molecule has 0 aliphatic carbocycles. The third kappa shape index (κ3) is 6.37. The van der Waals surface area contributed by atoms with Crippen LogP contribution in [0.5, 0.6) is 0 Å². The van der Waals surface area contributed by atoms with E-state index in [2.05, 4.69) is 34.2 Å². The summed E-state index contributed by atoms with van der Waals surface area (Å²) in [6.07, 6.45) is 3.48. The summed E-state index contributed by atoms with van der Waals surface area (Å²) >= 11 is 0. The van der Waals surface area contributed by atoms with Gasteiger partial charge in [-0.05, 0) is 58.7 Å². The summed E-state index contributed by atoms with van der Waals surface area (Å²) in [5.74, 6) is -3.58. The highest BCUT2D eigenvalue weighted by Gasteiger charge is 2.39. The quantitative estimate of drug-likeness (QED) is 0.123. The van der Waals surface area contributed by atoms with Gasteiger partial charge in [0.2, 0.25) is 0 Å². The number of H-pyrrole nitrogens is 2. The van der Waals surface area contributed by atoms with E-state index in [0.29, 0.717) is 22.5 Å². The third-order valence-corrected chi connectivity index (χ3v) is 10.6. The summed E-state index contributed by atoms with van der Waals surface area (Å²) in [6.45, 7) is 0. The van der Waals surface area contributed by atoms with E-state index in [9.17, 15) is 19.8 Å². The normalized spacial score (nSPS) is 14.8. The second-order valence-electron chi connectivity index (χ2n) is 14.0. The van der Waals surface area contributed by atoms with E-state index in [4.69, 9.17) is 9.97 Å². The molecule has 8 heteroatoms. The first-order chi connectivity index (χ1) is 27.4. The Morgan fingerprint density at radius 1 is 0.429 bits per heavy atom. The zero-order valence-corrected chi connectivity index (χ0v) is 30.2. The molecule has 5 heterocycles. The second kappa shape index (κ2) is 14.5. The maximum atomic E-state index is 12.8. The Morgan fingerprint density at radius 3 is 1.05 bits per heavy atom. The number of aromatic nitrogens is 4. The van der Waals surface area contributed by atoms with Gasteiger partial charge in [0.15, 0.2) is 0 Å². The van der Waals surface area contributed by atoms with Crippen LogP contribution in [0.4, 0.5) is 0 Å². The van der Waals surface area contributed by atoms with Gasteiger partial charge in [-0.25, -0.2) is 4.98 Å². The largest absolute Gasteiger partial charge is 0.481 e. The number of benzene rings is 4. The van der Waals surface area contributed by atoms with Gasteiger partial charge in [0.1, 0.15) is 0 Å². The number of nitrogens with one attached hydrogen (secondary N) is 2. The minimum atomic E-state index is -1.03. The zero-order valence-electron chi connectivity index (χ0n) is 30.2. The summed E-state index contributed by atoms with van der Waals surface area (Å²) in [4.78, 5) is 43.6. The topological polar surface area (TPSA) is 132 Å². The average molecular weight is 733 g/mol. The van der Waals surface area contributed by atoms with Gasteiger partial charge in [0.05, 0.1) is 35.6 Å². The van der Waals surface area contributed by atoms with Gasteiger partial charge in [-0.2, -0.15) is 0 Å². The molecule has 4 N–H and O–H groups in total. The molecule has 7 aromatic rings. The average Bonchev–Trinajstić information content (AvgIpc) is 4.04.